The van der Waals surface area contributed by atoms with Crippen molar-refractivity contribution in [3.05, 3.63) is 47.5 Å². The Kier molecular flexibility index (Phi) is 7.40. The van der Waals surface area contributed by atoms with E-state index in [4.69, 9.17) is 14.8 Å². The van der Waals surface area contributed by atoms with Crippen LogP contribution < -0.4 is 0 Å². The number of rotatable bonds is 7. The van der Waals surface area contributed by atoms with Crippen molar-refractivity contribution in [3.63, 3.8) is 0 Å². The number of nitrogens with zero attached hydrogens (tertiary/aromatic N) is 4. The first-order valence-corrected chi connectivity index (χ1v) is 6.94. The Morgan fingerprint density at radius 3 is 2.25 bits per heavy atom. The number of oxime groups is 1. The van der Waals surface area contributed by atoms with E-state index in [0.717, 1.165) is 0 Å². The number of hydrogen-bond donors (Lipinski definition) is 0. The summed E-state index contributed by atoms with van der Waals surface area (Å²) in [6.45, 7) is 4.96. The number of nitriles is 2. The number of ether oxygens (including phenoxy) is 1. The van der Waals surface area contributed by atoms with Gasteiger partial charge in [0.05, 0.1) is 0 Å². The summed E-state index contributed by atoms with van der Waals surface area (Å²) in [5.41, 5.74) is 1.38. The second-order valence-electron chi connectivity index (χ2n) is 4.53. The Bertz CT molecular complexity index is 767. The van der Waals surface area contributed by atoms with Gasteiger partial charge in [-0.25, -0.2) is 4.79 Å². The van der Waals surface area contributed by atoms with Crippen LogP contribution in [0.15, 0.2) is 46.6 Å². The van der Waals surface area contributed by atoms with Gasteiger partial charge in [0, 0.05) is 23.7 Å². The number of hydrogen-bond acceptors (Lipinski definition) is 7. The van der Waals surface area contributed by atoms with Crippen molar-refractivity contribution in [1.29, 1.82) is 10.5 Å². The number of carbonyl (C=O) groups excluding carboxylic acids is 1. The van der Waals surface area contributed by atoms with Gasteiger partial charge in [-0.15, -0.1) is 0 Å². The van der Waals surface area contributed by atoms with E-state index in [1.807, 2.05) is 12.1 Å². The summed E-state index contributed by atoms with van der Waals surface area (Å²) < 4.78 is 4.84. The molecule has 1 rings (SSSR count). The molecule has 0 unspecified atom stereocenters. The number of carbonyl (C=O) groups is 1. The molecule has 0 aliphatic carbocycles. The predicted molar refractivity (Wildman–Crippen MR) is 88.4 cm³/mol. The lowest BCUT2D eigenvalue weighted by molar-refractivity contribution is -0.140. The van der Waals surface area contributed by atoms with E-state index >= 15 is 0 Å². The van der Waals surface area contributed by atoms with Crippen LogP contribution in [0.4, 0.5) is 0 Å². The molecule has 1 aromatic rings. The van der Waals surface area contributed by atoms with Gasteiger partial charge in [-0.05, 0) is 6.92 Å². The predicted octanol–water partition coefficient (Wildman–Crippen LogP) is 1.99. The summed E-state index contributed by atoms with van der Waals surface area (Å²) in [5, 5.41) is 22.1. The average molecular weight is 324 g/mol. The van der Waals surface area contributed by atoms with Crippen LogP contribution in [0.25, 0.3) is 0 Å². The van der Waals surface area contributed by atoms with Crippen molar-refractivity contribution in [1.82, 2.24) is 0 Å². The normalized spacial score (nSPS) is 11.2. The third-order valence-electron chi connectivity index (χ3n) is 2.78. The summed E-state index contributed by atoms with van der Waals surface area (Å²) in [6.07, 6.45) is 0. The molecule has 0 N–H and O–H groups in total. The van der Waals surface area contributed by atoms with E-state index in [-0.39, 0.29) is 30.2 Å². The van der Waals surface area contributed by atoms with Crippen molar-refractivity contribution >= 4 is 17.4 Å². The molecular weight excluding hydrogens is 308 g/mol. The Balaban J connectivity index is 2.85. The molecule has 0 aliphatic rings. The number of esters is 1. The summed E-state index contributed by atoms with van der Waals surface area (Å²) in [7, 11) is 1.49. The van der Waals surface area contributed by atoms with Gasteiger partial charge >= 0.3 is 5.97 Å². The van der Waals surface area contributed by atoms with E-state index < -0.39 is 5.97 Å². The molecule has 0 spiro atoms. The summed E-state index contributed by atoms with van der Waals surface area (Å²) in [4.78, 5) is 20.1. The highest BCUT2D eigenvalue weighted by atomic mass is 16.6. The number of benzene rings is 1. The second kappa shape index (κ2) is 9.54. The first-order chi connectivity index (χ1) is 11.5. The van der Waals surface area contributed by atoms with Gasteiger partial charge in [-0.1, -0.05) is 36.0 Å². The first kappa shape index (κ1) is 18.6. The van der Waals surface area contributed by atoms with E-state index in [2.05, 4.69) is 16.7 Å². The zero-order valence-corrected chi connectivity index (χ0v) is 13.4. The van der Waals surface area contributed by atoms with Gasteiger partial charge in [0.2, 0.25) is 0 Å². The van der Waals surface area contributed by atoms with E-state index in [0.29, 0.717) is 11.1 Å². The third-order valence-corrected chi connectivity index (χ3v) is 2.78. The van der Waals surface area contributed by atoms with E-state index in [1.165, 1.54) is 14.0 Å². The Morgan fingerprint density at radius 1 is 1.17 bits per heavy atom. The lowest BCUT2D eigenvalue weighted by Crippen LogP contribution is -2.11. The monoisotopic (exact) mass is 324 g/mol. The van der Waals surface area contributed by atoms with Crippen molar-refractivity contribution < 1.29 is 14.4 Å². The smallest absolute Gasteiger partial charge is 0.333 e. The van der Waals surface area contributed by atoms with Crippen LogP contribution in [-0.2, 0) is 14.4 Å². The molecule has 122 valence electrons. The van der Waals surface area contributed by atoms with Crippen LogP contribution in [-0.4, -0.2) is 37.7 Å². The molecule has 7 heteroatoms. The zero-order chi connectivity index (χ0) is 17.9. The fourth-order valence-corrected chi connectivity index (χ4v) is 1.66. The summed E-state index contributed by atoms with van der Waals surface area (Å²) >= 11 is 0. The van der Waals surface area contributed by atoms with Gasteiger partial charge in [-0.2, -0.15) is 10.5 Å². The van der Waals surface area contributed by atoms with Gasteiger partial charge in [-0.3, -0.25) is 4.99 Å². The van der Waals surface area contributed by atoms with Crippen LogP contribution in [0.2, 0.25) is 0 Å². The van der Waals surface area contributed by atoms with Crippen LogP contribution in [0.5, 0.6) is 0 Å². The maximum absolute atomic E-state index is 11.2. The molecule has 0 heterocycles. The minimum atomic E-state index is -0.522. The largest absolute Gasteiger partial charge is 0.459 e. The van der Waals surface area contributed by atoms with Crippen molar-refractivity contribution in [3.8, 4) is 12.1 Å². The highest BCUT2D eigenvalue weighted by molar-refractivity contribution is 6.22. The van der Waals surface area contributed by atoms with Gasteiger partial charge in [0.25, 0.3) is 0 Å². The van der Waals surface area contributed by atoms with E-state index in [9.17, 15) is 10.1 Å². The van der Waals surface area contributed by atoms with Crippen molar-refractivity contribution in [2.75, 3.05) is 20.3 Å². The Labute approximate surface area is 140 Å². The zero-order valence-electron chi connectivity index (χ0n) is 13.4. The molecule has 24 heavy (non-hydrogen) atoms. The lowest BCUT2D eigenvalue weighted by Gasteiger charge is -2.06. The molecule has 0 aromatic heterocycles. The van der Waals surface area contributed by atoms with Crippen LogP contribution in [0.1, 0.15) is 18.1 Å². The summed E-state index contributed by atoms with van der Waals surface area (Å²) in [6, 6.07) is 10.6. The fourth-order valence-electron chi connectivity index (χ4n) is 1.66. The molecule has 0 fully saturated rings. The first-order valence-electron chi connectivity index (χ1n) is 6.94. The van der Waals surface area contributed by atoms with Crippen LogP contribution in [0.3, 0.4) is 0 Å². The maximum atomic E-state index is 11.2. The minimum Gasteiger partial charge on any atom is -0.459 e. The molecule has 0 radical (unpaired) electrons. The second-order valence-corrected chi connectivity index (χ2v) is 4.53. The van der Waals surface area contributed by atoms with Crippen LogP contribution >= 0.6 is 0 Å². The van der Waals surface area contributed by atoms with Crippen molar-refractivity contribution in [2.45, 2.75) is 6.92 Å². The molecule has 0 amide bonds. The highest BCUT2D eigenvalue weighted by Gasteiger charge is 2.13. The molecule has 0 bridgehead atoms. The molecule has 0 saturated carbocycles. The number of aliphatic imine (C=N–C) groups is 1. The molecule has 7 nitrogen and oxygen atoms in total. The minimum absolute atomic E-state index is 0.00627. The average Bonchev–Trinajstić information content (AvgIpc) is 2.59. The highest BCUT2D eigenvalue weighted by Crippen LogP contribution is 2.12. The lowest BCUT2D eigenvalue weighted by atomic mass is 10.0. The summed E-state index contributed by atoms with van der Waals surface area (Å²) in [5.74, 6) is -0.522. The molecule has 1 aromatic carbocycles. The van der Waals surface area contributed by atoms with Crippen LogP contribution in [0, 0.1) is 22.7 Å². The molecule has 0 atom stereocenters. The Hall–Kier alpha value is -3.45. The topological polar surface area (TPSA) is 108 Å². The van der Waals surface area contributed by atoms with Gasteiger partial charge < -0.3 is 9.57 Å². The van der Waals surface area contributed by atoms with Gasteiger partial charge in [0.15, 0.2) is 12.3 Å². The standard InChI is InChI=1S/C17H16N4O3/c1-12(2)17(22)23-8-9-24-21-16(11-19)14-7-5-4-6-13(14)15(10-18)20-3/h4-7H,1,8-9H2,2-3H3/b20-15?,21-16+. The van der Waals surface area contributed by atoms with E-state index in [1.54, 1.807) is 24.3 Å². The molecular formula is C17H16N4O3. The fraction of sp³-hybridized carbons (Fsp3) is 0.235. The molecule has 0 aliphatic heterocycles. The third kappa shape index (κ3) is 5.08. The maximum Gasteiger partial charge on any atom is 0.333 e. The quantitative estimate of drug-likeness (QED) is 0.250. The van der Waals surface area contributed by atoms with Crippen molar-refractivity contribution in [2.24, 2.45) is 10.1 Å². The molecule has 0 saturated heterocycles. The van der Waals surface area contributed by atoms with Gasteiger partial charge in [0.1, 0.15) is 24.5 Å². The Morgan fingerprint density at radius 2 is 1.75 bits per heavy atom. The SMILES string of the molecule is C=C(C)C(=O)OCCO/N=C(\C#N)c1ccccc1C(C#N)=NC.